The Morgan fingerprint density at radius 2 is 1.82 bits per heavy atom. The van der Waals surface area contributed by atoms with Crippen LogP contribution < -0.4 is 15.8 Å². The lowest BCUT2D eigenvalue weighted by Gasteiger charge is -2.29. The summed E-state index contributed by atoms with van der Waals surface area (Å²) in [5.41, 5.74) is 8.62. The van der Waals surface area contributed by atoms with Crippen LogP contribution in [0.3, 0.4) is 0 Å². The second-order valence-electron chi connectivity index (χ2n) is 11.1. The number of rotatable bonds is 7. The van der Waals surface area contributed by atoms with Gasteiger partial charge in [-0.25, -0.2) is 8.78 Å². The third-order valence-corrected chi connectivity index (χ3v) is 9.01. The number of nitrogens with one attached hydrogen (secondary N) is 1. The molecule has 1 spiro atoms. The lowest BCUT2D eigenvalue weighted by atomic mass is 9.82. The zero-order valence-corrected chi connectivity index (χ0v) is 22.2. The van der Waals surface area contributed by atoms with Gasteiger partial charge in [-0.15, -0.1) is 0 Å². The van der Waals surface area contributed by atoms with Crippen molar-refractivity contribution in [1.82, 2.24) is 5.32 Å². The lowest BCUT2D eigenvalue weighted by molar-refractivity contribution is 0.0793. The van der Waals surface area contributed by atoms with Crippen molar-refractivity contribution in [3.05, 3.63) is 86.9 Å². The molecule has 7 heteroatoms. The molecule has 0 aromatic heterocycles. The Morgan fingerprint density at radius 1 is 1.05 bits per heavy atom. The van der Waals surface area contributed by atoms with Gasteiger partial charge >= 0.3 is 0 Å². The Hall–Kier alpha value is -2.96. The van der Waals surface area contributed by atoms with Gasteiger partial charge in [0.2, 0.25) is 0 Å². The van der Waals surface area contributed by atoms with E-state index in [0.29, 0.717) is 42.7 Å². The number of hydrogen-bond donors (Lipinski definition) is 2. The van der Waals surface area contributed by atoms with Crippen LogP contribution in [0.1, 0.15) is 64.7 Å². The van der Waals surface area contributed by atoms with E-state index in [1.165, 1.54) is 13.1 Å². The first-order valence-electron chi connectivity index (χ1n) is 13.3. The fraction of sp³-hybridized carbons (Fsp3) is 0.387. The van der Waals surface area contributed by atoms with Crippen molar-refractivity contribution in [2.45, 2.75) is 57.0 Å². The molecule has 1 heterocycles. The second-order valence-corrected chi connectivity index (χ2v) is 11.5. The van der Waals surface area contributed by atoms with Crippen LogP contribution >= 0.6 is 11.6 Å². The van der Waals surface area contributed by atoms with Crippen molar-refractivity contribution in [3.8, 4) is 16.9 Å². The summed E-state index contributed by atoms with van der Waals surface area (Å²) in [6.07, 6.45) is 6.16. The van der Waals surface area contributed by atoms with Crippen molar-refractivity contribution in [1.29, 1.82) is 0 Å². The minimum atomic E-state index is -0.775. The average Bonchev–Trinajstić information content (AvgIpc) is 3.41. The molecular formula is C31H31ClF2N2O2. The molecule has 4 nitrogen and oxygen atoms in total. The number of carbonyl (C=O) groups excluding carboxylic acids is 1. The number of carbonyl (C=O) groups is 1. The van der Waals surface area contributed by atoms with Crippen LogP contribution in [0.4, 0.5) is 8.78 Å². The lowest BCUT2D eigenvalue weighted by Crippen LogP contribution is -2.31. The molecule has 0 bridgehead atoms. The highest BCUT2D eigenvalue weighted by Gasteiger charge is 2.49. The molecule has 198 valence electrons. The van der Waals surface area contributed by atoms with E-state index >= 15 is 8.78 Å². The van der Waals surface area contributed by atoms with E-state index in [4.69, 9.17) is 22.1 Å². The number of ether oxygens (including phenoxy) is 1. The fourth-order valence-corrected chi connectivity index (χ4v) is 6.73. The minimum Gasteiger partial charge on any atom is -0.482 e. The number of amides is 1. The Labute approximate surface area is 226 Å². The molecule has 3 aromatic rings. The first-order valence-corrected chi connectivity index (χ1v) is 13.7. The summed E-state index contributed by atoms with van der Waals surface area (Å²) >= 11 is 6.64. The van der Waals surface area contributed by atoms with Gasteiger partial charge in [0.25, 0.3) is 5.91 Å². The van der Waals surface area contributed by atoms with Gasteiger partial charge in [0.05, 0.1) is 10.6 Å². The van der Waals surface area contributed by atoms with E-state index in [9.17, 15) is 4.79 Å². The Bertz CT molecular complexity index is 1440. The molecular weight excluding hydrogens is 506 g/mol. The van der Waals surface area contributed by atoms with Crippen molar-refractivity contribution < 1.29 is 18.3 Å². The molecule has 1 fully saturated rings. The van der Waals surface area contributed by atoms with Gasteiger partial charge in [0, 0.05) is 36.2 Å². The maximum Gasteiger partial charge on any atom is 0.251 e. The number of fused-ring (bicyclic) bond motifs is 2. The second kappa shape index (κ2) is 9.35. The molecule has 1 aliphatic heterocycles. The van der Waals surface area contributed by atoms with Crippen molar-refractivity contribution in [3.63, 3.8) is 0 Å². The van der Waals surface area contributed by atoms with Gasteiger partial charge in [0.1, 0.15) is 23.0 Å². The Kier molecular flexibility index (Phi) is 6.23. The molecule has 3 aliphatic rings. The highest BCUT2D eigenvalue weighted by Crippen LogP contribution is 2.58. The van der Waals surface area contributed by atoms with Crippen LogP contribution in [0.15, 0.2) is 42.5 Å². The molecule has 0 saturated heterocycles. The van der Waals surface area contributed by atoms with Crippen LogP contribution in [-0.4, -0.2) is 19.5 Å². The standard InChI is InChI=1S/C31H31ClF2N2O2/c1-36-29(37)20-13-18-15-30(10-11-30)16-21(18)28(34)26(20)25-22-17-31(9-5-6-12-35,19-7-3-2-4-8-19)38-24(22)14-23(33)27(25)32/h2-4,7-8,13-14H,5-6,9-12,15-17,35H2,1H3,(H,36,37)/t31-/m0/s1. The zero-order chi connectivity index (χ0) is 26.7. The van der Waals surface area contributed by atoms with Gasteiger partial charge in [0.15, 0.2) is 0 Å². The molecule has 38 heavy (non-hydrogen) atoms. The quantitative estimate of drug-likeness (QED) is 0.340. The predicted octanol–water partition coefficient (Wildman–Crippen LogP) is 6.48. The SMILES string of the molecule is CNC(=O)c1cc2c(c(F)c1-c1c(Cl)c(F)cc3c1C[C@@](CCCCN)(c1ccccc1)O3)CC1(CC1)C2. The molecule has 0 radical (unpaired) electrons. The summed E-state index contributed by atoms with van der Waals surface area (Å²) in [6.45, 7) is 0.556. The summed E-state index contributed by atoms with van der Waals surface area (Å²) in [4.78, 5) is 13.1. The van der Waals surface area contributed by atoms with Crippen LogP contribution in [0.2, 0.25) is 5.02 Å². The Balaban J connectivity index is 1.55. The summed E-state index contributed by atoms with van der Waals surface area (Å²) in [5.74, 6) is -1.27. The van der Waals surface area contributed by atoms with E-state index in [0.717, 1.165) is 43.2 Å². The van der Waals surface area contributed by atoms with Gasteiger partial charge in [-0.05, 0) is 79.7 Å². The number of hydrogen-bond acceptors (Lipinski definition) is 3. The maximum atomic E-state index is 16.5. The molecule has 1 atom stereocenters. The van der Waals surface area contributed by atoms with E-state index in [2.05, 4.69) is 5.32 Å². The zero-order valence-electron chi connectivity index (χ0n) is 21.4. The number of benzene rings is 3. The number of nitrogens with two attached hydrogens (primary N) is 1. The normalized spacial score (nSPS) is 20.2. The minimum absolute atomic E-state index is 0.0657. The van der Waals surface area contributed by atoms with E-state index in [1.54, 1.807) is 6.07 Å². The van der Waals surface area contributed by atoms with Crippen LogP contribution in [0.5, 0.6) is 5.75 Å². The summed E-state index contributed by atoms with van der Waals surface area (Å²) < 4.78 is 38.5. The summed E-state index contributed by atoms with van der Waals surface area (Å²) in [7, 11) is 1.51. The smallest absolute Gasteiger partial charge is 0.251 e. The average molecular weight is 537 g/mol. The van der Waals surface area contributed by atoms with Gasteiger partial charge in [-0.1, -0.05) is 41.9 Å². The van der Waals surface area contributed by atoms with Crippen molar-refractivity contribution in [2.75, 3.05) is 13.6 Å². The molecule has 1 amide bonds. The third kappa shape index (κ3) is 4.00. The summed E-state index contributed by atoms with van der Waals surface area (Å²) in [6, 6.07) is 12.9. The Morgan fingerprint density at radius 3 is 2.50 bits per heavy atom. The van der Waals surface area contributed by atoms with Crippen molar-refractivity contribution >= 4 is 17.5 Å². The molecule has 6 rings (SSSR count). The number of unbranched alkanes of at least 4 members (excludes halogenated alkanes) is 1. The van der Waals surface area contributed by atoms with Crippen molar-refractivity contribution in [2.24, 2.45) is 11.1 Å². The molecule has 3 aromatic carbocycles. The molecule has 1 saturated carbocycles. The van der Waals surface area contributed by atoms with Crippen LogP contribution in [0.25, 0.3) is 11.1 Å². The predicted molar refractivity (Wildman–Crippen MR) is 145 cm³/mol. The third-order valence-electron chi connectivity index (χ3n) is 8.64. The highest BCUT2D eigenvalue weighted by molar-refractivity contribution is 6.34. The van der Waals surface area contributed by atoms with E-state index < -0.39 is 23.1 Å². The van der Waals surface area contributed by atoms with Crippen LogP contribution in [0, 0.1) is 17.0 Å². The molecule has 0 unspecified atom stereocenters. The van der Waals surface area contributed by atoms with E-state index in [1.807, 2.05) is 30.3 Å². The molecule has 3 N–H and O–H groups in total. The van der Waals surface area contributed by atoms with Crippen LogP contribution in [-0.2, 0) is 24.9 Å². The fourth-order valence-electron chi connectivity index (χ4n) is 6.46. The highest BCUT2D eigenvalue weighted by atomic mass is 35.5. The largest absolute Gasteiger partial charge is 0.482 e. The maximum absolute atomic E-state index is 16.5. The first kappa shape index (κ1) is 25.3. The first-order chi connectivity index (χ1) is 18.3. The van der Waals surface area contributed by atoms with E-state index in [-0.39, 0.29) is 27.1 Å². The number of halogens is 3. The topological polar surface area (TPSA) is 64.4 Å². The van der Waals surface area contributed by atoms with Gasteiger partial charge in [-0.2, -0.15) is 0 Å². The summed E-state index contributed by atoms with van der Waals surface area (Å²) in [5, 5.41) is 2.45. The monoisotopic (exact) mass is 536 g/mol. The van der Waals surface area contributed by atoms with Gasteiger partial charge < -0.3 is 15.8 Å². The van der Waals surface area contributed by atoms with Gasteiger partial charge in [-0.3, -0.25) is 4.79 Å². The molecule has 2 aliphatic carbocycles.